The number of amides is 1. The Morgan fingerprint density at radius 3 is 2.76 bits per heavy atom. The van der Waals surface area contributed by atoms with Crippen molar-refractivity contribution in [3.63, 3.8) is 0 Å². The zero-order valence-corrected chi connectivity index (χ0v) is 19.3. The summed E-state index contributed by atoms with van der Waals surface area (Å²) in [7, 11) is 0. The van der Waals surface area contributed by atoms with Gasteiger partial charge in [-0.25, -0.2) is 0 Å². The smallest absolute Gasteiger partial charge is 0.220 e. The number of hydrogen-bond donors (Lipinski definition) is 3. The molecule has 140 valence electrons. The molecule has 2 atom stereocenters. The SMILES string of the molecule is CCNC(=NCC(C)Sc1ccc(Br)cc1)NC1CCC(=O)NC1.I. The number of rotatable bonds is 6. The van der Waals surface area contributed by atoms with Gasteiger partial charge in [0.05, 0.1) is 6.54 Å². The summed E-state index contributed by atoms with van der Waals surface area (Å²) in [5.74, 6) is 0.955. The van der Waals surface area contributed by atoms with Gasteiger partial charge in [-0.15, -0.1) is 35.7 Å². The molecule has 0 aliphatic carbocycles. The van der Waals surface area contributed by atoms with Gasteiger partial charge in [0.15, 0.2) is 5.96 Å². The lowest BCUT2D eigenvalue weighted by molar-refractivity contribution is -0.122. The van der Waals surface area contributed by atoms with Gasteiger partial charge < -0.3 is 16.0 Å². The average molecular weight is 541 g/mol. The lowest BCUT2D eigenvalue weighted by Gasteiger charge is -2.25. The summed E-state index contributed by atoms with van der Waals surface area (Å²) in [6.07, 6.45) is 1.42. The fraction of sp³-hybridized carbons (Fsp3) is 0.529. The molecule has 1 aliphatic heterocycles. The topological polar surface area (TPSA) is 65.5 Å². The summed E-state index contributed by atoms with van der Waals surface area (Å²) in [6.45, 7) is 6.45. The summed E-state index contributed by atoms with van der Waals surface area (Å²) in [6, 6.07) is 8.59. The van der Waals surface area contributed by atoms with Crippen molar-refractivity contribution in [2.45, 2.75) is 42.9 Å². The van der Waals surface area contributed by atoms with Crippen LogP contribution in [0.3, 0.4) is 0 Å². The molecule has 0 saturated carbocycles. The highest BCUT2D eigenvalue weighted by atomic mass is 127. The molecule has 25 heavy (non-hydrogen) atoms. The summed E-state index contributed by atoms with van der Waals surface area (Å²) >= 11 is 5.27. The zero-order chi connectivity index (χ0) is 17.4. The van der Waals surface area contributed by atoms with Crippen molar-refractivity contribution in [2.24, 2.45) is 4.99 Å². The van der Waals surface area contributed by atoms with Crippen molar-refractivity contribution in [3.05, 3.63) is 28.7 Å². The summed E-state index contributed by atoms with van der Waals surface area (Å²) < 4.78 is 1.09. The Hall–Kier alpha value is -0.480. The highest BCUT2D eigenvalue weighted by Crippen LogP contribution is 2.24. The van der Waals surface area contributed by atoms with Crippen LogP contribution in [-0.4, -0.2) is 42.8 Å². The van der Waals surface area contributed by atoms with Crippen molar-refractivity contribution in [3.8, 4) is 0 Å². The van der Waals surface area contributed by atoms with Gasteiger partial charge in [-0.3, -0.25) is 9.79 Å². The van der Waals surface area contributed by atoms with Crippen LogP contribution in [0.1, 0.15) is 26.7 Å². The maximum Gasteiger partial charge on any atom is 0.220 e. The molecule has 3 N–H and O–H groups in total. The van der Waals surface area contributed by atoms with E-state index in [9.17, 15) is 4.79 Å². The van der Waals surface area contributed by atoms with Crippen molar-refractivity contribution in [2.75, 3.05) is 19.6 Å². The van der Waals surface area contributed by atoms with Crippen molar-refractivity contribution < 1.29 is 4.79 Å². The summed E-state index contributed by atoms with van der Waals surface area (Å²) in [5.41, 5.74) is 0. The first-order valence-corrected chi connectivity index (χ1v) is 9.98. The Morgan fingerprint density at radius 2 is 2.16 bits per heavy atom. The quantitative estimate of drug-likeness (QED) is 0.224. The highest BCUT2D eigenvalue weighted by Gasteiger charge is 2.18. The van der Waals surface area contributed by atoms with Crippen LogP contribution in [0.4, 0.5) is 0 Å². The molecule has 5 nitrogen and oxygen atoms in total. The number of nitrogens with one attached hydrogen (secondary N) is 3. The molecule has 8 heteroatoms. The van der Waals surface area contributed by atoms with Crippen LogP contribution in [-0.2, 0) is 4.79 Å². The van der Waals surface area contributed by atoms with Crippen LogP contribution in [0.15, 0.2) is 38.6 Å². The first-order valence-electron chi connectivity index (χ1n) is 8.30. The molecular weight excluding hydrogens is 515 g/mol. The van der Waals surface area contributed by atoms with Gasteiger partial charge in [0.2, 0.25) is 5.91 Å². The van der Waals surface area contributed by atoms with E-state index in [0.717, 1.165) is 29.9 Å². The molecule has 0 spiro atoms. The van der Waals surface area contributed by atoms with Gasteiger partial charge in [0.25, 0.3) is 0 Å². The number of carbonyl (C=O) groups excluding carboxylic acids is 1. The molecule has 1 aliphatic rings. The lowest BCUT2D eigenvalue weighted by Crippen LogP contribution is -2.51. The first kappa shape index (κ1) is 22.6. The summed E-state index contributed by atoms with van der Waals surface area (Å²) in [4.78, 5) is 17.2. The predicted molar refractivity (Wildman–Crippen MR) is 120 cm³/mol. The first-order chi connectivity index (χ1) is 11.6. The number of carbonyl (C=O) groups is 1. The molecule has 1 saturated heterocycles. The molecule has 1 aromatic carbocycles. The van der Waals surface area contributed by atoms with Crippen molar-refractivity contribution in [1.29, 1.82) is 0 Å². The summed E-state index contributed by atoms with van der Waals surface area (Å²) in [5, 5.41) is 9.96. The molecule has 0 radical (unpaired) electrons. The molecular formula is C17H26BrIN4OS. The van der Waals surface area contributed by atoms with Crippen LogP contribution in [0.2, 0.25) is 0 Å². The van der Waals surface area contributed by atoms with Crippen LogP contribution in [0.25, 0.3) is 0 Å². The number of halogens is 2. The second-order valence-corrected chi connectivity index (χ2v) is 8.21. The van der Waals surface area contributed by atoms with Crippen LogP contribution < -0.4 is 16.0 Å². The molecule has 1 heterocycles. The maximum atomic E-state index is 11.2. The molecule has 1 fully saturated rings. The number of nitrogens with zero attached hydrogens (tertiary/aromatic N) is 1. The van der Waals surface area contributed by atoms with Gasteiger partial charge in [0, 0.05) is 40.2 Å². The maximum absolute atomic E-state index is 11.2. The van der Waals surface area contributed by atoms with Crippen molar-refractivity contribution in [1.82, 2.24) is 16.0 Å². The fourth-order valence-electron chi connectivity index (χ4n) is 2.37. The van der Waals surface area contributed by atoms with Gasteiger partial charge in [-0.05, 0) is 37.6 Å². The lowest BCUT2D eigenvalue weighted by atomic mass is 10.1. The largest absolute Gasteiger partial charge is 0.357 e. The molecule has 1 amide bonds. The van der Waals surface area contributed by atoms with E-state index in [4.69, 9.17) is 4.99 Å². The number of aliphatic imine (C=N–C) groups is 1. The predicted octanol–water partition coefficient (Wildman–Crippen LogP) is 3.38. The van der Waals surface area contributed by atoms with Gasteiger partial charge in [0.1, 0.15) is 0 Å². The Morgan fingerprint density at radius 1 is 1.44 bits per heavy atom. The molecule has 2 unspecified atom stereocenters. The van der Waals surface area contributed by atoms with E-state index >= 15 is 0 Å². The highest BCUT2D eigenvalue weighted by molar-refractivity contribution is 14.0. The molecule has 2 rings (SSSR count). The van der Waals surface area contributed by atoms with Crippen LogP contribution in [0.5, 0.6) is 0 Å². The molecule has 0 bridgehead atoms. The monoisotopic (exact) mass is 540 g/mol. The molecule has 1 aromatic rings. The van der Waals surface area contributed by atoms with Gasteiger partial charge in [-0.1, -0.05) is 22.9 Å². The third kappa shape index (κ3) is 8.63. The Kier molecular flexibility index (Phi) is 10.8. The van der Waals surface area contributed by atoms with Crippen molar-refractivity contribution >= 4 is 63.5 Å². The number of thioether (sulfide) groups is 1. The Balaban J connectivity index is 0.00000312. The van der Waals surface area contributed by atoms with E-state index < -0.39 is 0 Å². The third-order valence-electron chi connectivity index (χ3n) is 3.61. The van der Waals surface area contributed by atoms with E-state index in [-0.39, 0.29) is 35.9 Å². The van der Waals surface area contributed by atoms with Gasteiger partial charge >= 0.3 is 0 Å². The third-order valence-corrected chi connectivity index (χ3v) is 5.23. The van der Waals surface area contributed by atoms with E-state index in [0.29, 0.717) is 18.2 Å². The standard InChI is InChI=1S/C17H25BrN4OS.HI/c1-3-19-17(22-14-6-9-16(23)20-11-14)21-10-12(2)24-15-7-4-13(18)5-8-15;/h4-5,7-8,12,14H,3,6,9-11H2,1-2H3,(H,20,23)(H2,19,21,22);1H. The Bertz CT molecular complexity index is 560. The van der Waals surface area contributed by atoms with Gasteiger partial charge in [-0.2, -0.15) is 0 Å². The minimum absolute atomic E-state index is 0. The number of guanidine groups is 1. The minimum Gasteiger partial charge on any atom is -0.357 e. The second kappa shape index (κ2) is 12.0. The second-order valence-electron chi connectivity index (χ2n) is 5.79. The zero-order valence-electron chi connectivity index (χ0n) is 14.5. The number of benzene rings is 1. The van der Waals surface area contributed by atoms with Crippen LogP contribution >= 0.6 is 51.7 Å². The van der Waals surface area contributed by atoms with Crippen LogP contribution in [0, 0.1) is 0 Å². The number of piperidine rings is 1. The molecule has 0 aromatic heterocycles. The minimum atomic E-state index is 0. The van der Waals surface area contributed by atoms with E-state index in [1.165, 1.54) is 4.90 Å². The fourth-order valence-corrected chi connectivity index (χ4v) is 3.54. The normalized spacial score (nSPS) is 18.8. The van der Waals surface area contributed by atoms with E-state index in [1.54, 1.807) is 0 Å². The van der Waals surface area contributed by atoms with E-state index in [2.05, 4.69) is 70.0 Å². The van der Waals surface area contributed by atoms with E-state index in [1.807, 2.05) is 11.8 Å². The Labute approximate surface area is 179 Å². The number of hydrogen-bond acceptors (Lipinski definition) is 3. The average Bonchev–Trinajstić information content (AvgIpc) is 2.57.